The van der Waals surface area contributed by atoms with Crippen molar-refractivity contribution in [1.29, 1.82) is 0 Å². The molecule has 4 rings (SSSR count). The van der Waals surface area contributed by atoms with E-state index in [0.29, 0.717) is 42.8 Å². The summed E-state index contributed by atoms with van der Waals surface area (Å²) in [6, 6.07) is 7.24. The Morgan fingerprint density at radius 2 is 2.11 bits per heavy atom. The number of pyridine rings is 1. The quantitative estimate of drug-likeness (QED) is 0.436. The van der Waals surface area contributed by atoms with Crippen molar-refractivity contribution in [2.24, 2.45) is 11.8 Å². The van der Waals surface area contributed by atoms with Gasteiger partial charge in [0.05, 0.1) is 25.4 Å². The summed E-state index contributed by atoms with van der Waals surface area (Å²) in [5, 5.41) is 10.0. The van der Waals surface area contributed by atoms with Gasteiger partial charge in [0.1, 0.15) is 17.6 Å². The van der Waals surface area contributed by atoms with E-state index >= 15 is 4.39 Å². The van der Waals surface area contributed by atoms with Gasteiger partial charge in [0, 0.05) is 36.9 Å². The van der Waals surface area contributed by atoms with Crippen LogP contribution in [0.2, 0.25) is 0 Å². The number of fused-ring (bicyclic) bond motifs is 1. The maximum absolute atomic E-state index is 15.5. The molecule has 0 unspecified atom stereocenters. The normalized spacial score (nSPS) is 18.8. The number of carboxylic acid groups (broad SMARTS) is 1. The van der Waals surface area contributed by atoms with Crippen molar-refractivity contribution in [3.63, 3.8) is 0 Å². The third kappa shape index (κ3) is 6.76. The summed E-state index contributed by atoms with van der Waals surface area (Å²) >= 11 is 0. The number of piperidine rings is 1. The smallest absolute Gasteiger partial charge is 0.303 e. The van der Waals surface area contributed by atoms with E-state index in [1.165, 1.54) is 0 Å². The summed E-state index contributed by atoms with van der Waals surface area (Å²) in [5.74, 6) is 6.52. The van der Waals surface area contributed by atoms with Crippen molar-refractivity contribution < 1.29 is 19.0 Å². The van der Waals surface area contributed by atoms with Crippen molar-refractivity contribution in [2.75, 3.05) is 26.7 Å². The zero-order valence-electron chi connectivity index (χ0n) is 20.4. The Morgan fingerprint density at radius 1 is 1.22 bits per heavy atom. The van der Waals surface area contributed by atoms with Gasteiger partial charge in [-0.05, 0) is 79.8 Å². The molecule has 1 saturated heterocycles. The maximum Gasteiger partial charge on any atom is 0.303 e. The minimum atomic E-state index is -1.13. The second kappa shape index (κ2) is 12.4. The third-order valence-electron chi connectivity index (χ3n) is 6.90. The molecule has 1 fully saturated rings. The first kappa shape index (κ1) is 25.5. The lowest BCUT2D eigenvalue weighted by molar-refractivity contribution is -0.137. The minimum Gasteiger partial charge on any atom is -0.497 e. The molecule has 3 aromatic rings. The molecular weight excluding hydrogens is 459 g/mol. The molecule has 1 aliphatic rings. The van der Waals surface area contributed by atoms with Gasteiger partial charge < -0.3 is 9.84 Å². The van der Waals surface area contributed by atoms with Gasteiger partial charge in [-0.3, -0.25) is 19.7 Å². The second-order valence-electron chi connectivity index (χ2n) is 9.20. The van der Waals surface area contributed by atoms with Gasteiger partial charge in [-0.2, -0.15) is 0 Å². The minimum absolute atomic E-state index is 0.119. The standard InChI is InChI=1S/C28H31FN4O3/c1-36-23-6-8-27-25(17-23)24(10-12-32-27)26(29)7-4-20-11-16-33(19-21(20)5-9-28(34)35)15-2-3-22-18-30-13-14-31-22/h6,8,10,12-14,17-18,20-21,26H,4-5,7,9,11,15-16,19H2,1H3,(H,34,35)/t20-,21-,26-/m1/s1. The average molecular weight is 491 g/mol. The first-order valence-corrected chi connectivity index (χ1v) is 12.3. The highest BCUT2D eigenvalue weighted by molar-refractivity contribution is 5.83. The molecule has 3 atom stereocenters. The van der Waals surface area contributed by atoms with Crippen LogP contribution in [0.4, 0.5) is 4.39 Å². The molecule has 7 nitrogen and oxygen atoms in total. The molecule has 0 aliphatic carbocycles. The molecule has 3 heterocycles. The summed E-state index contributed by atoms with van der Waals surface area (Å²) in [4.78, 5) is 26.1. The molecule has 0 saturated carbocycles. The molecule has 1 aromatic carbocycles. The SMILES string of the molecule is COc1ccc2nccc([C@H](F)CC[C@@H]3CCN(CC#Cc4cnccn4)C[C@H]3CCC(=O)O)c2c1. The van der Waals surface area contributed by atoms with Crippen molar-refractivity contribution in [2.45, 2.75) is 38.3 Å². The van der Waals surface area contributed by atoms with E-state index < -0.39 is 12.1 Å². The third-order valence-corrected chi connectivity index (χ3v) is 6.90. The Morgan fingerprint density at radius 3 is 2.89 bits per heavy atom. The number of nitrogens with zero attached hydrogens (tertiary/aromatic N) is 4. The number of aliphatic carboxylic acids is 1. The molecule has 0 spiro atoms. The van der Waals surface area contributed by atoms with Gasteiger partial charge in [-0.1, -0.05) is 5.92 Å². The molecule has 1 N–H and O–H groups in total. The van der Waals surface area contributed by atoms with Gasteiger partial charge in [-0.15, -0.1) is 0 Å². The van der Waals surface area contributed by atoms with E-state index in [9.17, 15) is 9.90 Å². The Labute approximate surface area is 210 Å². The summed E-state index contributed by atoms with van der Waals surface area (Å²) in [6.45, 7) is 2.21. The largest absolute Gasteiger partial charge is 0.497 e. The predicted octanol–water partition coefficient (Wildman–Crippen LogP) is 4.68. The topological polar surface area (TPSA) is 88.4 Å². The van der Waals surface area contributed by atoms with Gasteiger partial charge >= 0.3 is 5.97 Å². The lowest BCUT2D eigenvalue weighted by atomic mass is 9.79. The maximum atomic E-state index is 15.5. The van der Waals surface area contributed by atoms with Crippen molar-refractivity contribution in [3.05, 3.63) is 60.3 Å². The van der Waals surface area contributed by atoms with E-state index in [1.54, 1.807) is 38.0 Å². The van der Waals surface area contributed by atoms with Crippen LogP contribution in [0.1, 0.15) is 49.5 Å². The fourth-order valence-electron chi connectivity index (χ4n) is 4.98. The van der Waals surface area contributed by atoms with Gasteiger partial charge in [0.25, 0.3) is 0 Å². The number of hydrogen-bond acceptors (Lipinski definition) is 6. The number of methoxy groups -OCH3 is 1. The fraction of sp³-hybridized carbons (Fsp3) is 0.429. The summed E-state index contributed by atoms with van der Waals surface area (Å²) < 4.78 is 20.8. The molecule has 8 heteroatoms. The van der Waals surface area contributed by atoms with Crippen LogP contribution in [0.25, 0.3) is 10.9 Å². The van der Waals surface area contributed by atoms with Crippen LogP contribution in [0, 0.1) is 23.7 Å². The Hall–Kier alpha value is -3.57. The number of aromatic nitrogens is 3. The van der Waals surface area contributed by atoms with E-state index in [0.717, 1.165) is 30.4 Å². The fourth-order valence-corrected chi connectivity index (χ4v) is 4.98. The Balaban J connectivity index is 1.39. The number of likely N-dealkylation sites (tertiary alicyclic amines) is 1. The lowest BCUT2D eigenvalue weighted by Gasteiger charge is -2.38. The van der Waals surface area contributed by atoms with Crippen LogP contribution in [0.5, 0.6) is 5.75 Å². The summed E-state index contributed by atoms with van der Waals surface area (Å²) in [7, 11) is 1.59. The van der Waals surface area contributed by atoms with E-state index in [4.69, 9.17) is 4.74 Å². The molecule has 0 amide bonds. The molecule has 2 aromatic heterocycles. The Bertz CT molecular complexity index is 1230. The van der Waals surface area contributed by atoms with E-state index in [-0.39, 0.29) is 18.3 Å². The highest BCUT2D eigenvalue weighted by Crippen LogP contribution is 2.36. The highest BCUT2D eigenvalue weighted by atomic mass is 19.1. The molecular formula is C28H31FN4O3. The number of carboxylic acids is 1. The van der Waals surface area contributed by atoms with Crippen LogP contribution in [-0.4, -0.2) is 57.7 Å². The Kier molecular flexibility index (Phi) is 8.80. The van der Waals surface area contributed by atoms with E-state index in [1.807, 2.05) is 18.2 Å². The van der Waals surface area contributed by atoms with Gasteiger partial charge in [-0.25, -0.2) is 9.37 Å². The number of benzene rings is 1. The molecule has 0 radical (unpaired) electrons. The molecule has 188 valence electrons. The van der Waals surface area contributed by atoms with Crippen LogP contribution >= 0.6 is 0 Å². The number of alkyl halides is 1. The number of ether oxygens (including phenoxy) is 1. The highest BCUT2D eigenvalue weighted by Gasteiger charge is 2.30. The second-order valence-corrected chi connectivity index (χ2v) is 9.20. The summed E-state index contributed by atoms with van der Waals surface area (Å²) in [6.07, 6.45) is 8.06. The number of rotatable bonds is 9. The van der Waals surface area contributed by atoms with Gasteiger partial charge in [0.2, 0.25) is 0 Å². The predicted molar refractivity (Wildman–Crippen MR) is 135 cm³/mol. The van der Waals surface area contributed by atoms with Crippen LogP contribution in [0.3, 0.4) is 0 Å². The molecule has 36 heavy (non-hydrogen) atoms. The van der Waals surface area contributed by atoms with Crippen molar-refractivity contribution in [3.8, 4) is 17.6 Å². The van der Waals surface area contributed by atoms with Crippen molar-refractivity contribution >= 4 is 16.9 Å². The van der Waals surface area contributed by atoms with E-state index in [2.05, 4.69) is 31.7 Å². The van der Waals surface area contributed by atoms with Crippen LogP contribution in [-0.2, 0) is 4.79 Å². The number of carbonyl (C=O) groups is 1. The lowest BCUT2D eigenvalue weighted by Crippen LogP contribution is -2.41. The number of halogens is 1. The zero-order chi connectivity index (χ0) is 25.3. The van der Waals surface area contributed by atoms with Crippen LogP contribution < -0.4 is 4.74 Å². The monoisotopic (exact) mass is 490 g/mol. The molecule has 0 bridgehead atoms. The first-order valence-electron chi connectivity index (χ1n) is 12.3. The van der Waals surface area contributed by atoms with Gasteiger partial charge in [0.15, 0.2) is 0 Å². The molecule has 1 aliphatic heterocycles. The summed E-state index contributed by atoms with van der Waals surface area (Å²) in [5.41, 5.74) is 1.99. The van der Waals surface area contributed by atoms with Crippen molar-refractivity contribution in [1.82, 2.24) is 19.9 Å². The number of hydrogen-bond donors (Lipinski definition) is 1. The first-order chi connectivity index (χ1) is 17.5. The zero-order valence-corrected chi connectivity index (χ0v) is 20.4. The average Bonchev–Trinajstić information content (AvgIpc) is 2.91. The van der Waals surface area contributed by atoms with Crippen LogP contribution in [0.15, 0.2) is 49.1 Å².